The smallest absolute Gasteiger partial charge is 0.139 e. The molecule has 4 nitrogen and oxygen atoms in total. The third-order valence-corrected chi connectivity index (χ3v) is 2.89. The van der Waals surface area contributed by atoms with E-state index in [0.29, 0.717) is 0 Å². The lowest BCUT2D eigenvalue weighted by molar-refractivity contribution is 0.226. The van der Waals surface area contributed by atoms with Crippen LogP contribution in [0.4, 0.5) is 5.82 Å². The number of aliphatic hydroxyl groups is 1. The second-order valence-electron chi connectivity index (χ2n) is 4.08. The number of anilines is 1. The maximum absolute atomic E-state index is 9.08. The topological polar surface area (TPSA) is 58.3 Å². The molecule has 0 bridgehead atoms. The third kappa shape index (κ3) is 2.02. The number of aliphatic hydroxyl groups excluding tert-OH is 1. The van der Waals surface area contributed by atoms with E-state index >= 15 is 0 Å². The summed E-state index contributed by atoms with van der Waals surface area (Å²) in [5.41, 5.74) is 0.821. The molecule has 0 saturated carbocycles. The van der Waals surface area contributed by atoms with Gasteiger partial charge >= 0.3 is 0 Å². The number of nitrogens with one attached hydrogen (secondary N) is 1. The van der Waals surface area contributed by atoms with Crippen molar-refractivity contribution >= 4 is 16.8 Å². The first-order valence-corrected chi connectivity index (χ1v) is 5.42. The summed E-state index contributed by atoms with van der Waals surface area (Å²) in [6.07, 6.45) is 3.36. The number of aromatic nitrogens is 1. The van der Waals surface area contributed by atoms with Gasteiger partial charge in [0.25, 0.3) is 0 Å². The van der Waals surface area contributed by atoms with E-state index < -0.39 is 0 Å². The van der Waals surface area contributed by atoms with E-state index in [1.54, 1.807) is 12.5 Å². The molecule has 0 radical (unpaired) electrons. The van der Waals surface area contributed by atoms with Crippen molar-refractivity contribution < 1.29 is 9.52 Å². The Hall–Kier alpha value is -1.55. The van der Waals surface area contributed by atoms with Crippen LogP contribution in [-0.2, 0) is 0 Å². The average Bonchev–Trinajstić information content (AvgIpc) is 2.77. The van der Waals surface area contributed by atoms with Crippen molar-refractivity contribution in [3.8, 4) is 0 Å². The van der Waals surface area contributed by atoms with Gasteiger partial charge in [-0.1, -0.05) is 6.92 Å². The molecule has 2 atom stereocenters. The highest BCUT2D eigenvalue weighted by Crippen LogP contribution is 2.23. The van der Waals surface area contributed by atoms with E-state index in [4.69, 9.17) is 9.52 Å². The van der Waals surface area contributed by atoms with Gasteiger partial charge in [-0.15, -0.1) is 0 Å². The highest BCUT2D eigenvalue weighted by Gasteiger charge is 2.13. The lowest BCUT2D eigenvalue weighted by Crippen LogP contribution is -2.26. The van der Waals surface area contributed by atoms with Crippen molar-refractivity contribution in [3.63, 3.8) is 0 Å². The van der Waals surface area contributed by atoms with Crippen molar-refractivity contribution in [2.75, 3.05) is 11.9 Å². The summed E-state index contributed by atoms with van der Waals surface area (Å²) in [6, 6.07) is 3.89. The van der Waals surface area contributed by atoms with Crippen LogP contribution in [0.2, 0.25) is 0 Å². The SMILES string of the molecule is CC(CO)C(C)Nc1nccc2occc12. The van der Waals surface area contributed by atoms with Crippen LogP contribution in [0.25, 0.3) is 11.0 Å². The normalized spacial score (nSPS) is 14.9. The zero-order valence-electron chi connectivity index (χ0n) is 9.47. The Morgan fingerprint density at radius 2 is 2.25 bits per heavy atom. The van der Waals surface area contributed by atoms with Crippen LogP contribution in [0.1, 0.15) is 13.8 Å². The van der Waals surface area contributed by atoms with Crippen molar-refractivity contribution in [3.05, 3.63) is 24.6 Å². The average molecular weight is 220 g/mol. The molecule has 2 aromatic heterocycles. The van der Waals surface area contributed by atoms with Gasteiger partial charge in [0.2, 0.25) is 0 Å². The minimum atomic E-state index is 0.162. The predicted octanol–water partition coefficient (Wildman–Crippen LogP) is 2.26. The van der Waals surface area contributed by atoms with Gasteiger partial charge in [-0.2, -0.15) is 0 Å². The van der Waals surface area contributed by atoms with Crippen LogP contribution >= 0.6 is 0 Å². The van der Waals surface area contributed by atoms with Crippen molar-refractivity contribution in [1.29, 1.82) is 0 Å². The Balaban J connectivity index is 2.23. The molecule has 16 heavy (non-hydrogen) atoms. The van der Waals surface area contributed by atoms with Crippen LogP contribution in [-0.4, -0.2) is 22.7 Å². The molecule has 2 rings (SSSR count). The van der Waals surface area contributed by atoms with Gasteiger partial charge in [0, 0.05) is 18.8 Å². The molecule has 0 saturated heterocycles. The lowest BCUT2D eigenvalue weighted by Gasteiger charge is -2.19. The summed E-state index contributed by atoms with van der Waals surface area (Å²) in [5.74, 6) is 0.989. The maximum atomic E-state index is 9.08. The molecule has 0 amide bonds. The number of nitrogens with zero attached hydrogens (tertiary/aromatic N) is 1. The van der Waals surface area contributed by atoms with Gasteiger partial charge in [0.1, 0.15) is 11.4 Å². The van der Waals surface area contributed by atoms with E-state index in [9.17, 15) is 0 Å². The first-order chi connectivity index (χ1) is 7.72. The largest absolute Gasteiger partial charge is 0.464 e. The van der Waals surface area contributed by atoms with Gasteiger partial charge < -0.3 is 14.8 Å². The minimum absolute atomic E-state index is 0.162. The van der Waals surface area contributed by atoms with Crippen LogP contribution in [0.5, 0.6) is 0 Å². The third-order valence-electron chi connectivity index (χ3n) is 2.89. The fraction of sp³-hybridized carbons (Fsp3) is 0.417. The van der Waals surface area contributed by atoms with E-state index in [1.165, 1.54) is 0 Å². The van der Waals surface area contributed by atoms with Gasteiger partial charge in [-0.05, 0) is 25.0 Å². The van der Waals surface area contributed by atoms with E-state index in [1.807, 2.05) is 26.0 Å². The number of fused-ring (bicyclic) bond motifs is 1. The number of hydrogen-bond acceptors (Lipinski definition) is 4. The van der Waals surface area contributed by atoms with Gasteiger partial charge in [0.05, 0.1) is 11.6 Å². The Morgan fingerprint density at radius 1 is 1.44 bits per heavy atom. The summed E-state index contributed by atoms with van der Waals surface area (Å²) in [5, 5.41) is 13.3. The van der Waals surface area contributed by atoms with Crippen molar-refractivity contribution in [1.82, 2.24) is 4.98 Å². The zero-order chi connectivity index (χ0) is 11.5. The van der Waals surface area contributed by atoms with Gasteiger partial charge in [0.15, 0.2) is 0 Å². The molecule has 2 unspecified atom stereocenters. The molecule has 0 aliphatic heterocycles. The zero-order valence-corrected chi connectivity index (χ0v) is 9.47. The monoisotopic (exact) mass is 220 g/mol. The summed E-state index contributed by atoms with van der Waals surface area (Å²) in [4.78, 5) is 4.28. The lowest BCUT2D eigenvalue weighted by atomic mass is 10.1. The molecule has 0 aliphatic carbocycles. The molecule has 2 heterocycles. The summed E-state index contributed by atoms with van der Waals surface area (Å²) in [7, 11) is 0. The van der Waals surface area contributed by atoms with Crippen LogP contribution in [0.15, 0.2) is 29.0 Å². The molecule has 0 aromatic carbocycles. The standard InChI is InChI=1S/C12H16N2O2/c1-8(7-15)9(2)14-12-10-4-6-16-11(10)3-5-13-12/h3-6,8-9,15H,7H2,1-2H3,(H,13,14). The molecule has 86 valence electrons. The highest BCUT2D eigenvalue weighted by atomic mass is 16.3. The maximum Gasteiger partial charge on any atom is 0.139 e. The van der Waals surface area contributed by atoms with E-state index in [2.05, 4.69) is 10.3 Å². The minimum Gasteiger partial charge on any atom is -0.464 e. The molecular weight excluding hydrogens is 204 g/mol. The number of rotatable bonds is 4. The molecule has 0 fully saturated rings. The Morgan fingerprint density at radius 3 is 3.00 bits per heavy atom. The van der Waals surface area contributed by atoms with Crippen LogP contribution < -0.4 is 5.32 Å². The summed E-state index contributed by atoms with van der Waals surface area (Å²) in [6.45, 7) is 4.18. The summed E-state index contributed by atoms with van der Waals surface area (Å²) < 4.78 is 5.30. The predicted molar refractivity (Wildman–Crippen MR) is 63.3 cm³/mol. The van der Waals surface area contributed by atoms with Gasteiger partial charge in [-0.3, -0.25) is 0 Å². The number of furan rings is 1. The quantitative estimate of drug-likeness (QED) is 0.829. The van der Waals surface area contributed by atoms with Crippen molar-refractivity contribution in [2.24, 2.45) is 5.92 Å². The first kappa shape index (κ1) is 11.0. The second kappa shape index (κ2) is 4.53. The molecule has 4 heteroatoms. The van der Waals surface area contributed by atoms with Crippen LogP contribution in [0, 0.1) is 5.92 Å². The van der Waals surface area contributed by atoms with Gasteiger partial charge in [-0.25, -0.2) is 4.98 Å². The first-order valence-electron chi connectivity index (χ1n) is 5.42. The Labute approximate surface area is 94.3 Å². The molecule has 2 aromatic rings. The molecule has 0 aliphatic rings. The molecule has 0 spiro atoms. The fourth-order valence-electron chi connectivity index (χ4n) is 1.53. The Kier molecular flexibility index (Phi) is 3.10. The number of pyridine rings is 1. The Bertz CT molecular complexity index is 467. The highest BCUT2D eigenvalue weighted by molar-refractivity contribution is 5.87. The van der Waals surface area contributed by atoms with E-state index in [-0.39, 0.29) is 18.6 Å². The second-order valence-corrected chi connectivity index (χ2v) is 4.08. The van der Waals surface area contributed by atoms with E-state index in [0.717, 1.165) is 16.8 Å². The van der Waals surface area contributed by atoms with Crippen molar-refractivity contribution in [2.45, 2.75) is 19.9 Å². The fourth-order valence-corrected chi connectivity index (χ4v) is 1.53. The van der Waals surface area contributed by atoms with Crippen LogP contribution in [0.3, 0.4) is 0 Å². The molecule has 2 N–H and O–H groups in total. The number of hydrogen-bond donors (Lipinski definition) is 2. The molecular formula is C12H16N2O2. The summed E-state index contributed by atoms with van der Waals surface area (Å²) >= 11 is 0.